The highest BCUT2D eigenvalue weighted by Crippen LogP contribution is 2.27. The predicted octanol–water partition coefficient (Wildman–Crippen LogP) is 3.89. The number of aliphatic hydroxyl groups excluding tert-OH is 1. The van der Waals surface area contributed by atoms with Crippen LogP contribution in [0.3, 0.4) is 0 Å². The van der Waals surface area contributed by atoms with Gasteiger partial charge in [-0.3, -0.25) is 4.79 Å². The quantitative estimate of drug-likeness (QED) is 0.867. The van der Waals surface area contributed by atoms with Crippen molar-refractivity contribution in [1.82, 2.24) is 4.90 Å². The van der Waals surface area contributed by atoms with Crippen LogP contribution in [0.2, 0.25) is 0 Å². The van der Waals surface area contributed by atoms with Gasteiger partial charge in [0.1, 0.15) is 11.5 Å². The van der Waals surface area contributed by atoms with Crippen molar-refractivity contribution in [2.45, 2.75) is 44.6 Å². The Morgan fingerprint density at radius 3 is 2.52 bits per heavy atom. The van der Waals surface area contributed by atoms with Crippen LogP contribution in [-0.4, -0.2) is 35.6 Å². The molecule has 1 heterocycles. The molecule has 0 unspecified atom stereocenters. The van der Waals surface area contributed by atoms with Crippen molar-refractivity contribution in [3.63, 3.8) is 0 Å². The first kappa shape index (κ1) is 17.7. The molecular formula is C21H27NO3. The normalized spacial score (nSPS) is 20.4. The van der Waals surface area contributed by atoms with Gasteiger partial charge in [-0.25, -0.2) is 0 Å². The molecule has 1 aliphatic carbocycles. The highest BCUT2D eigenvalue weighted by molar-refractivity contribution is 5.76. The molecule has 0 saturated heterocycles. The fraction of sp³-hybridized carbons (Fsp3) is 0.476. The Kier molecular flexibility index (Phi) is 5.92. The first-order valence-electron chi connectivity index (χ1n) is 9.18. The molecule has 25 heavy (non-hydrogen) atoms. The second kappa shape index (κ2) is 8.34. The fourth-order valence-electron chi connectivity index (χ4n) is 3.59. The van der Waals surface area contributed by atoms with Crippen molar-refractivity contribution in [2.24, 2.45) is 5.92 Å². The highest BCUT2D eigenvalue weighted by atomic mass is 16.3. The number of aliphatic hydroxyl groups is 1. The lowest BCUT2D eigenvalue weighted by Gasteiger charge is -2.34. The molecule has 0 spiro atoms. The monoisotopic (exact) mass is 341 g/mol. The van der Waals surface area contributed by atoms with Gasteiger partial charge < -0.3 is 14.4 Å². The number of benzene rings is 1. The van der Waals surface area contributed by atoms with Crippen molar-refractivity contribution in [1.29, 1.82) is 0 Å². The summed E-state index contributed by atoms with van der Waals surface area (Å²) in [5.41, 5.74) is 1.05. The summed E-state index contributed by atoms with van der Waals surface area (Å²) in [5, 5.41) is 9.23. The van der Waals surface area contributed by atoms with Crippen molar-refractivity contribution in [3.05, 3.63) is 48.2 Å². The average molecular weight is 341 g/mol. The summed E-state index contributed by atoms with van der Waals surface area (Å²) in [6.45, 7) is 0.270. The molecule has 0 aliphatic heterocycles. The number of rotatable bonds is 6. The van der Waals surface area contributed by atoms with Crippen LogP contribution < -0.4 is 0 Å². The van der Waals surface area contributed by atoms with E-state index in [9.17, 15) is 9.90 Å². The minimum atomic E-state index is 0.171. The Hall–Kier alpha value is -2.07. The summed E-state index contributed by atoms with van der Waals surface area (Å²) >= 11 is 0. The Balaban J connectivity index is 1.50. The molecule has 1 amide bonds. The number of carbonyl (C=O) groups excluding carboxylic acids is 1. The van der Waals surface area contributed by atoms with Crippen molar-refractivity contribution in [2.75, 3.05) is 13.7 Å². The molecule has 0 radical (unpaired) electrons. The molecule has 3 rings (SSSR count). The lowest BCUT2D eigenvalue weighted by molar-refractivity contribution is -0.132. The Morgan fingerprint density at radius 1 is 1.12 bits per heavy atom. The van der Waals surface area contributed by atoms with E-state index in [0.717, 1.165) is 42.8 Å². The molecule has 4 heteroatoms. The lowest BCUT2D eigenvalue weighted by atomic mass is 9.86. The Bertz CT molecular complexity index is 671. The molecule has 1 aromatic carbocycles. The maximum atomic E-state index is 12.5. The zero-order valence-electron chi connectivity index (χ0n) is 14.9. The van der Waals surface area contributed by atoms with Crippen LogP contribution in [0.1, 0.15) is 37.9 Å². The molecule has 134 valence electrons. The number of nitrogens with zero attached hydrogens (tertiary/aromatic N) is 1. The van der Waals surface area contributed by atoms with E-state index in [-0.39, 0.29) is 12.5 Å². The van der Waals surface area contributed by atoms with E-state index in [1.54, 1.807) is 0 Å². The number of hydrogen-bond acceptors (Lipinski definition) is 3. The van der Waals surface area contributed by atoms with Gasteiger partial charge in [-0.05, 0) is 43.7 Å². The van der Waals surface area contributed by atoms with Gasteiger partial charge in [0.2, 0.25) is 5.91 Å². The summed E-state index contributed by atoms with van der Waals surface area (Å²) in [7, 11) is 1.91. The van der Waals surface area contributed by atoms with E-state index < -0.39 is 0 Å². The SMILES string of the molecule is CN(C(=O)CCc1ccc(-c2ccccc2)o1)C1CCC(CO)CC1. The maximum Gasteiger partial charge on any atom is 0.223 e. The number of amides is 1. The van der Waals surface area contributed by atoms with E-state index in [1.807, 2.05) is 54.4 Å². The molecule has 1 aromatic heterocycles. The molecule has 0 bridgehead atoms. The van der Waals surface area contributed by atoms with Gasteiger partial charge in [-0.1, -0.05) is 30.3 Å². The number of hydrogen-bond donors (Lipinski definition) is 1. The van der Waals surface area contributed by atoms with Gasteiger partial charge in [0.15, 0.2) is 0 Å². The third kappa shape index (κ3) is 4.51. The second-order valence-electron chi connectivity index (χ2n) is 6.99. The summed E-state index contributed by atoms with van der Waals surface area (Å²) in [5.74, 6) is 2.28. The van der Waals surface area contributed by atoms with Gasteiger partial charge in [-0.2, -0.15) is 0 Å². The molecule has 1 aliphatic rings. The second-order valence-corrected chi connectivity index (χ2v) is 6.99. The number of aryl methyl sites for hydroxylation is 1. The number of furan rings is 1. The third-order valence-electron chi connectivity index (χ3n) is 5.32. The topological polar surface area (TPSA) is 53.7 Å². The van der Waals surface area contributed by atoms with E-state index in [0.29, 0.717) is 24.8 Å². The van der Waals surface area contributed by atoms with E-state index in [1.165, 1.54) is 0 Å². The molecule has 4 nitrogen and oxygen atoms in total. The zero-order valence-corrected chi connectivity index (χ0v) is 14.9. The van der Waals surface area contributed by atoms with Gasteiger partial charge in [0.05, 0.1) is 0 Å². The first-order chi connectivity index (χ1) is 12.2. The van der Waals surface area contributed by atoms with Gasteiger partial charge in [0, 0.05) is 38.1 Å². The first-order valence-corrected chi connectivity index (χ1v) is 9.18. The standard InChI is InChI=1S/C21H27NO3/c1-22(18-9-7-16(15-23)8-10-18)21(24)14-12-19-11-13-20(25-19)17-5-3-2-4-6-17/h2-6,11,13,16,18,23H,7-10,12,14-15H2,1H3. The molecule has 1 N–H and O–H groups in total. The van der Waals surface area contributed by atoms with Crippen LogP contribution in [0.25, 0.3) is 11.3 Å². The van der Waals surface area contributed by atoms with Crippen molar-refractivity contribution in [3.8, 4) is 11.3 Å². The van der Waals surface area contributed by atoms with Crippen LogP contribution >= 0.6 is 0 Å². The average Bonchev–Trinajstić information content (AvgIpc) is 3.15. The van der Waals surface area contributed by atoms with E-state index in [4.69, 9.17) is 4.42 Å². The summed E-state index contributed by atoms with van der Waals surface area (Å²) in [6, 6.07) is 14.2. The summed E-state index contributed by atoms with van der Waals surface area (Å²) < 4.78 is 5.88. The van der Waals surface area contributed by atoms with Crippen molar-refractivity contribution < 1.29 is 14.3 Å². The highest BCUT2D eigenvalue weighted by Gasteiger charge is 2.26. The largest absolute Gasteiger partial charge is 0.461 e. The Morgan fingerprint density at radius 2 is 1.84 bits per heavy atom. The third-order valence-corrected chi connectivity index (χ3v) is 5.32. The van der Waals surface area contributed by atoms with Crippen LogP contribution in [0.15, 0.2) is 46.9 Å². The van der Waals surface area contributed by atoms with E-state index >= 15 is 0 Å². The zero-order chi connectivity index (χ0) is 17.6. The van der Waals surface area contributed by atoms with Crippen molar-refractivity contribution >= 4 is 5.91 Å². The summed E-state index contributed by atoms with van der Waals surface area (Å²) in [4.78, 5) is 14.4. The minimum Gasteiger partial charge on any atom is -0.461 e. The van der Waals surface area contributed by atoms with Gasteiger partial charge in [-0.15, -0.1) is 0 Å². The predicted molar refractivity (Wildman–Crippen MR) is 98.1 cm³/mol. The lowest BCUT2D eigenvalue weighted by Crippen LogP contribution is -2.39. The van der Waals surface area contributed by atoms with E-state index in [2.05, 4.69) is 0 Å². The maximum absolute atomic E-state index is 12.5. The molecule has 1 fully saturated rings. The number of carbonyl (C=O) groups is 1. The van der Waals surface area contributed by atoms with Crippen LogP contribution in [0.5, 0.6) is 0 Å². The summed E-state index contributed by atoms with van der Waals surface area (Å²) in [6.07, 6.45) is 5.10. The van der Waals surface area contributed by atoms with Crippen LogP contribution in [0.4, 0.5) is 0 Å². The molecular weight excluding hydrogens is 314 g/mol. The molecule has 0 atom stereocenters. The van der Waals surface area contributed by atoms with Gasteiger partial charge >= 0.3 is 0 Å². The van der Waals surface area contributed by atoms with Gasteiger partial charge in [0.25, 0.3) is 0 Å². The Labute approximate surface area is 149 Å². The molecule has 2 aromatic rings. The van der Waals surface area contributed by atoms with Crippen LogP contribution in [-0.2, 0) is 11.2 Å². The molecule has 1 saturated carbocycles. The van der Waals surface area contributed by atoms with Crippen LogP contribution in [0, 0.1) is 5.92 Å². The fourth-order valence-corrected chi connectivity index (χ4v) is 3.59. The minimum absolute atomic E-state index is 0.171. The smallest absolute Gasteiger partial charge is 0.223 e.